The molecule has 0 fully saturated rings. The molecule has 13 heavy (non-hydrogen) atoms. The van der Waals surface area contributed by atoms with Crippen molar-refractivity contribution in [3.05, 3.63) is 0 Å². The standard InChI is InChI=1S/C6H15N3O3S/c1-5(2)7-6(10)8-13(11,12)9(3)4/h5H,1-4H3,(H2,7,8,10). The minimum Gasteiger partial charge on any atom is -0.335 e. The minimum absolute atomic E-state index is 0.0997. The second-order valence-corrected chi connectivity index (χ2v) is 4.90. The first-order valence-electron chi connectivity index (χ1n) is 3.76. The van der Waals surface area contributed by atoms with E-state index in [1.807, 2.05) is 4.72 Å². The van der Waals surface area contributed by atoms with Crippen molar-refractivity contribution in [2.75, 3.05) is 14.1 Å². The van der Waals surface area contributed by atoms with Crippen LogP contribution in [0.3, 0.4) is 0 Å². The van der Waals surface area contributed by atoms with Crippen molar-refractivity contribution in [2.45, 2.75) is 19.9 Å². The van der Waals surface area contributed by atoms with Gasteiger partial charge in [-0.05, 0) is 13.8 Å². The first-order valence-corrected chi connectivity index (χ1v) is 5.20. The number of hydrogen-bond acceptors (Lipinski definition) is 3. The maximum absolute atomic E-state index is 11.1. The monoisotopic (exact) mass is 209 g/mol. The van der Waals surface area contributed by atoms with Crippen molar-refractivity contribution in [3.63, 3.8) is 0 Å². The summed E-state index contributed by atoms with van der Waals surface area (Å²) < 4.78 is 24.9. The number of carbonyl (C=O) groups excluding carboxylic acids is 1. The fourth-order valence-corrected chi connectivity index (χ4v) is 0.976. The highest BCUT2D eigenvalue weighted by atomic mass is 32.2. The zero-order valence-electron chi connectivity index (χ0n) is 8.16. The van der Waals surface area contributed by atoms with Crippen LogP contribution in [0.1, 0.15) is 13.8 Å². The molecule has 0 aromatic heterocycles. The van der Waals surface area contributed by atoms with Crippen LogP contribution in [0.5, 0.6) is 0 Å². The predicted octanol–water partition coefficient (Wildman–Crippen LogP) is -0.500. The Labute approximate surface area is 78.5 Å². The van der Waals surface area contributed by atoms with E-state index in [1.165, 1.54) is 14.1 Å². The van der Waals surface area contributed by atoms with Crippen molar-refractivity contribution in [1.82, 2.24) is 14.3 Å². The van der Waals surface area contributed by atoms with Gasteiger partial charge in [-0.25, -0.2) is 9.52 Å². The van der Waals surface area contributed by atoms with Crippen LogP contribution < -0.4 is 10.0 Å². The lowest BCUT2D eigenvalue weighted by Crippen LogP contribution is -2.46. The molecule has 0 aromatic rings. The molecular formula is C6H15N3O3S. The smallest absolute Gasteiger partial charge is 0.329 e. The number of nitrogens with one attached hydrogen (secondary N) is 2. The van der Waals surface area contributed by atoms with Gasteiger partial charge in [-0.3, -0.25) is 0 Å². The molecule has 0 heterocycles. The average Bonchev–Trinajstić information content (AvgIpc) is 1.82. The number of nitrogens with zero attached hydrogens (tertiary/aromatic N) is 1. The van der Waals surface area contributed by atoms with E-state index in [1.54, 1.807) is 13.8 Å². The summed E-state index contributed by atoms with van der Waals surface area (Å²) in [7, 11) is -0.995. The normalized spacial score (nSPS) is 11.8. The van der Waals surface area contributed by atoms with Gasteiger partial charge in [0.25, 0.3) is 0 Å². The van der Waals surface area contributed by atoms with Crippen LogP contribution in [0.4, 0.5) is 4.79 Å². The maximum atomic E-state index is 11.1. The van der Waals surface area contributed by atoms with E-state index < -0.39 is 16.2 Å². The van der Waals surface area contributed by atoms with E-state index in [2.05, 4.69) is 5.32 Å². The first-order chi connectivity index (χ1) is 5.75. The van der Waals surface area contributed by atoms with Gasteiger partial charge in [0.05, 0.1) is 0 Å². The number of carbonyl (C=O) groups is 1. The van der Waals surface area contributed by atoms with Crippen molar-refractivity contribution in [3.8, 4) is 0 Å². The first kappa shape index (κ1) is 12.2. The fourth-order valence-electron chi connectivity index (χ4n) is 0.500. The van der Waals surface area contributed by atoms with E-state index in [0.29, 0.717) is 0 Å². The van der Waals surface area contributed by atoms with Crippen LogP contribution in [-0.4, -0.2) is 38.9 Å². The number of urea groups is 1. The number of amides is 2. The predicted molar refractivity (Wildman–Crippen MR) is 49.4 cm³/mol. The molecule has 2 N–H and O–H groups in total. The van der Waals surface area contributed by atoms with Crippen molar-refractivity contribution in [2.24, 2.45) is 0 Å². The van der Waals surface area contributed by atoms with Gasteiger partial charge in [-0.2, -0.15) is 12.7 Å². The molecular weight excluding hydrogens is 194 g/mol. The molecule has 0 aliphatic rings. The molecule has 0 bridgehead atoms. The van der Waals surface area contributed by atoms with Crippen LogP contribution in [0.25, 0.3) is 0 Å². The van der Waals surface area contributed by atoms with Crippen LogP contribution in [-0.2, 0) is 10.2 Å². The highest BCUT2D eigenvalue weighted by Crippen LogP contribution is 1.87. The molecule has 7 heteroatoms. The largest absolute Gasteiger partial charge is 0.335 e. The lowest BCUT2D eigenvalue weighted by Gasteiger charge is -2.14. The zero-order chi connectivity index (χ0) is 10.6. The average molecular weight is 209 g/mol. The topological polar surface area (TPSA) is 78.5 Å². The minimum atomic E-state index is -3.67. The third kappa shape index (κ3) is 4.69. The summed E-state index contributed by atoms with van der Waals surface area (Å²) >= 11 is 0. The van der Waals surface area contributed by atoms with E-state index in [4.69, 9.17) is 0 Å². The van der Waals surface area contributed by atoms with Gasteiger partial charge in [0.15, 0.2) is 0 Å². The molecule has 6 nitrogen and oxygen atoms in total. The SMILES string of the molecule is CC(C)NC(=O)NS(=O)(=O)N(C)C. The number of hydrogen-bond donors (Lipinski definition) is 2. The Hall–Kier alpha value is -0.820. The van der Waals surface area contributed by atoms with Gasteiger partial charge in [-0.1, -0.05) is 0 Å². The number of rotatable bonds is 3. The molecule has 0 unspecified atom stereocenters. The Kier molecular flexibility index (Phi) is 4.15. The summed E-state index contributed by atoms with van der Waals surface area (Å²) in [4.78, 5) is 10.9. The lowest BCUT2D eigenvalue weighted by molar-refractivity contribution is 0.243. The highest BCUT2D eigenvalue weighted by molar-refractivity contribution is 7.87. The molecule has 0 aliphatic carbocycles. The second-order valence-electron chi connectivity index (χ2n) is 3.02. The molecule has 0 spiro atoms. The molecule has 0 saturated heterocycles. The van der Waals surface area contributed by atoms with Gasteiger partial charge < -0.3 is 5.32 Å². The Morgan fingerprint density at radius 2 is 1.77 bits per heavy atom. The van der Waals surface area contributed by atoms with Gasteiger partial charge in [0.2, 0.25) is 0 Å². The van der Waals surface area contributed by atoms with Crippen LogP contribution >= 0.6 is 0 Å². The van der Waals surface area contributed by atoms with Crippen molar-refractivity contribution >= 4 is 16.2 Å². The Morgan fingerprint density at radius 1 is 1.31 bits per heavy atom. The van der Waals surface area contributed by atoms with Crippen LogP contribution in [0, 0.1) is 0 Å². The quantitative estimate of drug-likeness (QED) is 0.657. The summed E-state index contributed by atoms with van der Waals surface area (Å²) in [6, 6.07) is -0.818. The molecule has 0 aromatic carbocycles. The highest BCUT2D eigenvalue weighted by Gasteiger charge is 2.16. The molecule has 2 amide bonds. The Balaban J connectivity index is 4.22. The van der Waals surface area contributed by atoms with Crippen LogP contribution in [0.15, 0.2) is 0 Å². The molecule has 0 atom stereocenters. The van der Waals surface area contributed by atoms with E-state index in [9.17, 15) is 13.2 Å². The Bertz CT molecular complexity index is 271. The zero-order valence-corrected chi connectivity index (χ0v) is 8.97. The summed E-state index contributed by atoms with van der Waals surface area (Å²) in [5.74, 6) is 0. The van der Waals surface area contributed by atoms with Gasteiger partial charge >= 0.3 is 16.2 Å². The summed E-state index contributed by atoms with van der Waals surface area (Å²) in [6.07, 6.45) is 0. The van der Waals surface area contributed by atoms with E-state index in [-0.39, 0.29) is 6.04 Å². The van der Waals surface area contributed by atoms with Gasteiger partial charge in [-0.15, -0.1) is 0 Å². The lowest BCUT2D eigenvalue weighted by atomic mass is 10.4. The molecule has 0 rings (SSSR count). The van der Waals surface area contributed by atoms with Crippen molar-refractivity contribution in [1.29, 1.82) is 0 Å². The van der Waals surface area contributed by atoms with Gasteiger partial charge in [0, 0.05) is 20.1 Å². The van der Waals surface area contributed by atoms with Crippen molar-refractivity contribution < 1.29 is 13.2 Å². The Morgan fingerprint density at radius 3 is 2.08 bits per heavy atom. The summed E-state index contributed by atoms with van der Waals surface area (Å²) in [5.41, 5.74) is 0. The molecule has 78 valence electrons. The van der Waals surface area contributed by atoms with E-state index in [0.717, 1.165) is 4.31 Å². The summed E-state index contributed by atoms with van der Waals surface area (Å²) in [5, 5.41) is 2.40. The molecule has 0 aliphatic heterocycles. The van der Waals surface area contributed by atoms with Crippen LogP contribution in [0.2, 0.25) is 0 Å². The third-order valence-electron chi connectivity index (χ3n) is 1.12. The fraction of sp³-hybridized carbons (Fsp3) is 0.833. The maximum Gasteiger partial charge on any atom is 0.329 e. The second kappa shape index (κ2) is 4.43. The molecule has 0 saturated carbocycles. The van der Waals surface area contributed by atoms with Gasteiger partial charge in [0.1, 0.15) is 0 Å². The molecule has 0 radical (unpaired) electrons. The summed E-state index contributed by atoms with van der Waals surface area (Å²) in [6.45, 7) is 3.48. The van der Waals surface area contributed by atoms with E-state index >= 15 is 0 Å². The third-order valence-corrected chi connectivity index (χ3v) is 2.53.